The third-order valence-corrected chi connectivity index (χ3v) is 3.68. The van der Waals surface area contributed by atoms with E-state index in [1.54, 1.807) is 24.3 Å². The van der Waals surface area contributed by atoms with E-state index < -0.39 is 18.4 Å². The first kappa shape index (κ1) is 18.2. The summed E-state index contributed by atoms with van der Waals surface area (Å²) in [7, 11) is 0. The van der Waals surface area contributed by atoms with Crippen molar-refractivity contribution in [1.82, 2.24) is 10.1 Å². The summed E-state index contributed by atoms with van der Waals surface area (Å²) in [5, 5.41) is 4.39. The molecule has 1 heterocycles. The summed E-state index contributed by atoms with van der Waals surface area (Å²) < 4.78 is 28.1. The van der Waals surface area contributed by atoms with Gasteiger partial charge in [0.05, 0.1) is 5.02 Å². The van der Waals surface area contributed by atoms with Crippen molar-refractivity contribution in [2.75, 3.05) is 6.61 Å². The maximum Gasteiger partial charge on any atom is 0.344 e. The summed E-state index contributed by atoms with van der Waals surface area (Å²) in [5.74, 6) is -0.559. The van der Waals surface area contributed by atoms with E-state index in [0.717, 1.165) is 6.07 Å². The second-order valence-electron chi connectivity index (χ2n) is 5.05. The van der Waals surface area contributed by atoms with Gasteiger partial charge in [-0.2, -0.15) is 4.98 Å². The van der Waals surface area contributed by atoms with Crippen molar-refractivity contribution >= 4 is 29.2 Å². The molecule has 2 aromatic carbocycles. The van der Waals surface area contributed by atoms with Crippen LogP contribution in [0, 0.1) is 5.82 Å². The van der Waals surface area contributed by atoms with Crippen LogP contribution in [0.1, 0.15) is 5.89 Å². The minimum atomic E-state index is -0.673. The van der Waals surface area contributed by atoms with E-state index in [0.29, 0.717) is 16.4 Å². The Hall–Kier alpha value is -2.64. The Labute approximate surface area is 157 Å². The lowest BCUT2D eigenvalue weighted by Gasteiger charge is -2.07. The zero-order valence-electron chi connectivity index (χ0n) is 13.1. The zero-order valence-corrected chi connectivity index (χ0v) is 14.6. The summed E-state index contributed by atoms with van der Waals surface area (Å²) in [6.07, 6.45) is 0. The van der Waals surface area contributed by atoms with Crippen molar-refractivity contribution in [3.05, 3.63) is 64.2 Å². The van der Waals surface area contributed by atoms with Crippen molar-refractivity contribution in [2.24, 2.45) is 0 Å². The quantitative estimate of drug-likeness (QED) is 0.578. The Morgan fingerprint density at radius 3 is 2.81 bits per heavy atom. The van der Waals surface area contributed by atoms with Gasteiger partial charge in [0.25, 0.3) is 5.89 Å². The third-order valence-electron chi connectivity index (χ3n) is 3.15. The average molecular weight is 397 g/mol. The first-order chi connectivity index (χ1) is 12.5. The molecule has 0 aliphatic heterocycles. The maximum atomic E-state index is 12.9. The Balaban J connectivity index is 1.52. The number of esters is 1. The SMILES string of the molecule is O=C(COc1ccc(F)cc1Cl)OCc1nc(-c2cccc(Cl)c2)no1. The third kappa shape index (κ3) is 4.71. The number of hydrogen-bond donors (Lipinski definition) is 0. The summed E-state index contributed by atoms with van der Waals surface area (Å²) in [6, 6.07) is 10.5. The number of carbonyl (C=O) groups excluding carboxylic acids is 1. The molecule has 26 heavy (non-hydrogen) atoms. The van der Waals surface area contributed by atoms with Gasteiger partial charge >= 0.3 is 5.97 Å². The van der Waals surface area contributed by atoms with Crippen molar-refractivity contribution < 1.29 is 23.2 Å². The maximum absolute atomic E-state index is 12.9. The molecule has 0 radical (unpaired) electrons. The second kappa shape index (κ2) is 8.16. The van der Waals surface area contributed by atoms with Crippen LogP contribution in [0.2, 0.25) is 10.0 Å². The fourth-order valence-corrected chi connectivity index (χ4v) is 2.38. The van der Waals surface area contributed by atoms with E-state index in [4.69, 9.17) is 37.2 Å². The fourth-order valence-electron chi connectivity index (χ4n) is 1.97. The lowest BCUT2D eigenvalue weighted by Crippen LogP contribution is -2.15. The van der Waals surface area contributed by atoms with Crippen LogP contribution in [0.3, 0.4) is 0 Å². The molecule has 0 N–H and O–H groups in total. The van der Waals surface area contributed by atoms with Crippen molar-refractivity contribution in [1.29, 1.82) is 0 Å². The number of nitrogens with zero attached hydrogens (tertiary/aromatic N) is 2. The zero-order chi connectivity index (χ0) is 18.5. The number of aromatic nitrogens is 2. The van der Waals surface area contributed by atoms with Crippen LogP contribution < -0.4 is 4.74 Å². The normalized spacial score (nSPS) is 10.6. The fraction of sp³-hybridized carbons (Fsp3) is 0.118. The molecule has 0 saturated heterocycles. The van der Waals surface area contributed by atoms with Crippen molar-refractivity contribution in [2.45, 2.75) is 6.61 Å². The van der Waals surface area contributed by atoms with Crippen LogP contribution in [0.5, 0.6) is 5.75 Å². The standard InChI is InChI=1S/C17H11Cl2FN2O4/c18-11-3-1-2-10(6-11)17-21-15(26-22-17)8-25-16(23)9-24-14-5-4-12(20)7-13(14)19/h1-7H,8-9H2. The van der Waals surface area contributed by atoms with E-state index in [9.17, 15) is 9.18 Å². The summed E-state index contributed by atoms with van der Waals surface area (Å²) >= 11 is 11.7. The molecule has 6 nitrogen and oxygen atoms in total. The van der Waals surface area contributed by atoms with Crippen LogP contribution >= 0.6 is 23.2 Å². The minimum absolute atomic E-state index is 0.0564. The number of carbonyl (C=O) groups is 1. The number of ether oxygens (including phenoxy) is 2. The summed E-state index contributed by atoms with van der Waals surface area (Å²) in [6.45, 7) is -0.618. The Kier molecular flexibility index (Phi) is 5.70. The second-order valence-corrected chi connectivity index (χ2v) is 5.89. The highest BCUT2D eigenvalue weighted by Crippen LogP contribution is 2.25. The van der Waals surface area contributed by atoms with E-state index >= 15 is 0 Å². The average Bonchev–Trinajstić information content (AvgIpc) is 3.08. The Morgan fingerprint density at radius 1 is 1.19 bits per heavy atom. The summed E-state index contributed by atoms with van der Waals surface area (Å²) in [4.78, 5) is 15.8. The topological polar surface area (TPSA) is 74.5 Å². The smallest absolute Gasteiger partial charge is 0.344 e. The lowest BCUT2D eigenvalue weighted by atomic mass is 10.2. The van der Waals surface area contributed by atoms with Crippen LogP contribution in [0.15, 0.2) is 47.0 Å². The van der Waals surface area contributed by atoms with Gasteiger partial charge in [0.2, 0.25) is 5.82 Å². The predicted octanol–water partition coefficient (Wildman–Crippen LogP) is 4.30. The van der Waals surface area contributed by atoms with Crippen molar-refractivity contribution in [3.8, 4) is 17.1 Å². The first-order valence-electron chi connectivity index (χ1n) is 7.33. The molecule has 0 amide bonds. The largest absolute Gasteiger partial charge is 0.480 e. The molecule has 0 spiro atoms. The number of rotatable bonds is 6. The molecule has 1 aromatic heterocycles. The van der Waals surface area contributed by atoms with Gasteiger partial charge in [0.15, 0.2) is 13.2 Å². The van der Waals surface area contributed by atoms with E-state index in [2.05, 4.69) is 10.1 Å². The molecule has 0 aliphatic rings. The van der Waals surface area contributed by atoms with E-state index in [1.165, 1.54) is 12.1 Å². The highest BCUT2D eigenvalue weighted by Gasteiger charge is 2.13. The van der Waals surface area contributed by atoms with E-state index in [1.807, 2.05) is 0 Å². The molecule has 3 aromatic rings. The van der Waals surface area contributed by atoms with Crippen LogP contribution in [-0.4, -0.2) is 22.7 Å². The molecule has 0 atom stereocenters. The molecular formula is C17H11Cl2FN2O4. The highest BCUT2D eigenvalue weighted by atomic mass is 35.5. The molecule has 0 unspecified atom stereocenters. The molecule has 0 bridgehead atoms. The van der Waals surface area contributed by atoms with Gasteiger partial charge in [0, 0.05) is 10.6 Å². The van der Waals surface area contributed by atoms with Gasteiger partial charge in [-0.15, -0.1) is 0 Å². The molecule has 134 valence electrons. The molecular weight excluding hydrogens is 386 g/mol. The van der Waals surface area contributed by atoms with Gasteiger partial charge in [-0.25, -0.2) is 9.18 Å². The molecule has 0 fully saturated rings. The number of benzene rings is 2. The highest BCUT2D eigenvalue weighted by molar-refractivity contribution is 6.32. The van der Waals surface area contributed by atoms with Gasteiger partial charge < -0.3 is 14.0 Å². The monoisotopic (exact) mass is 396 g/mol. The Morgan fingerprint density at radius 2 is 2.04 bits per heavy atom. The van der Waals surface area contributed by atoms with Gasteiger partial charge in [-0.1, -0.05) is 40.5 Å². The van der Waals surface area contributed by atoms with E-state index in [-0.39, 0.29) is 23.3 Å². The number of hydrogen-bond acceptors (Lipinski definition) is 6. The number of halogens is 3. The minimum Gasteiger partial charge on any atom is -0.480 e. The molecule has 0 aliphatic carbocycles. The summed E-state index contributed by atoms with van der Waals surface area (Å²) in [5.41, 5.74) is 0.674. The van der Waals surface area contributed by atoms with Crippen molar-refractivity contribution in [3.63, 3.8) is 0 Å². The lowest BCUT2D eigenvalue weighted by molar-refractivity contribution is -0.148. The van der Waals surface area contributed by atoms with Gasteiger partial charge in [-0.3, -0.25) is 0 Å². The van der Waals surface area contributed by atoms with Crippen LogP contribution in [-0.2, 0) is 16.1 Å². The molecule has 0 saturated carbocycles. The molecule has 3 rings (SSSR count). The van der Waals surface area contributed by atoms with Gasteiger partial charge in [0.1, 0.15) is 11.6 Å². The molecule has 9 heteroatoms. The van der Waals surface area contributed by atoms with Gasteiger partial charge in [-0.05, 0) is 30.3 Å². The first-order valence-corrected chi connectivity index (χ1v) is 8.09. The van der Waals surface area contributed by atoms with Crippen LogP contribution in [0.4, 0.5) is 4.39 Å². The predicted molar refractivity (Wildman–Crippen MR) is 91.4 cm³/mol. The Bertz CT molecular complexity index is 933. The van der Waals surface area contributed by atoms with Crippen LogP contribution in [0.25, 0.3) is 11.4 Å².